The maximum atomic E-state index is 13.0. The van der Waals surface area contributed by atoms with Crippen molar-refractivity contribution in [3.63, 3.8) is 0 Å². The molecule has 0 fully saturated rings. The Labute approximate surface area is 187 Å². The number of para-hydroxylation sites is 1. The molecule has 0 bridgehead atoms. The Morgan fingerprint density at radius 2 is 1.81 bits per heavy atom. The van der Waals surface area contributed by atoms with Gasteiger partial charge >= 0.3 is 0 Å². The molecule has 0 aliphatic heterocycles. The summed E-state index contributed by atoms with van der Waals surface area (Å²) in [6.45, 7) is 3.73. The average molecular weight is 432 g/mol. The Bertz CT molecular complexity index is 1290. The lowest BCUT2D eigenvalue weighted by molar-refractivity contribution is -0.122. The lowest BCUT2D eigenvalue weighted by atomic mass is 10.1. The van der Waals surface area contributed by atoms with E-state index in [2.05, 4.69) is 41.4 Å². The number of rotatable bonds is 8. The second-order valence-corrected chi connectivity index (χ2v) is 8.29. The van der Waals surface area contributed by atoms with Crippen molar-refractivity contribution in [3.8, 4) is 0 Å². The van der Waals surface area contributed by atoms with E-state index in [1.165, 1.54) is 10.2 Å². The first kappa shape index (κ1) is 21.8. The normalized spacial score (nSPS) is 12.5. The summed E-state index contributed by atoms with van der Waals surface area (Å²) in [5.74, 6) is -0.105. The molecule has 0 saturated carbocycles. The third-order valence-electron chi connectivity index (χ3n) is 5.85. The number of nitrogens with zero attached hydrogens (tertiary/aromatic N) is 4. The number of amides is 1. The number of nitrogens with one attached hydrogen (secondary N) is 1. The molecular weight excluding hydrogens is 402 g/mol. The van der Waals surface area contributed by atoms with Crippen LogP contribution >= 0.6 is 0 Å². The molecule has 2 aromatic carbocycles. The first-order valence-electron chi connectivity index (χ1n) is 10.9. The molecule has 7 nitrogen and oxygen atoms in total. The monoisotopic (exact) mass is 431 g/mol. The summed E-state index contributed by atoms with van der Waals surface area (Å²) in [5, 5.41) is 9.02. The van der Waals surface area contributed by atoms with Crippen molar-refractivity contribution in [2.75, 3.05) is 13.6 Å². The Hall–Kier alpha value is -3.45. The maximum Gasteiger partial charge on any atom is 0.291 e. The van der Waals surface area contributed by atoms with Crippen LogP contribution in [-0.4, -0.2) is 44.8 Å². The Morgan fingerprint density at radius 3 is 2.56 bits per heavy atom. The van der Waals surface area contributed by atoms with Crippen molar-refractivity contribution in [2.45, 2.75) is 32.5 Å². The highest BCUT2D eigenvalue weighted by Gasteiger charge is 2.19. The number of benzene rings is 2. The van der Waals surface area contributed by atoms with Gasteiger partial charge in [0.25, 0.3) is 5.56 Å². The first-order chi connectivity index (χ1) is 15.5. The fraction of sp³-hybridized carbons (Fsp3) is 0.320. The van der Waals surface area contributed by atoms with Crippen LogP contribution in [0.1, 0.15) is 18.9 Å². The molecule has 0 radical (unpaired) electrons. The summed E-state index contributed by atoms with van der Waals surface area (Å²) in [6.07, 6.45) is 2.52. The molecule has 7 heteroatoms. The zero-order valence-electron chi connectivity index (χ0n) is 18.8. The molecule has 166 valence electrons. The molecule has 2 heterocycles. The lowest BCUT2D eigenvalue weighted by Gasteiger charge is -2.24. The first-order valence-corrected chi connectivity index (χ1v) is 10.9. The zero-order valence-corrected chi connectivity index (χ0v) is 18.8. The minimum Gasteiger partial charge on any atom is -0.351 e. The topological polar surface area (TPSA) is 72.2 Å². The van der Waals surface area contributed by atoms with E-state index in [0.717, 1.165) is 35.8 Å². The van der Waals surface area contributed by atoms with Gasteiger partial charge in [-0.15, -0.1) is 0 Å². The van der Waals surface area contributed by atoms with E-state index in [4.69, 9.17) is 0 Å². The van der Waals surface area contributed by atoms with E-state index in [9.17, 15) is 9.59 Å². The third kappa shape index (κ3) is 4.43. The lowest BCUT2D eigenvalue weighted by Crippen LogP contribution is -2.43. The minimum absolute atomic E-state index is 0.0220. The molecule has 0 aliphatic rings. The van der Waals surface area contributed by atoms with Gasteiger partial charge in [0.2, 0.25) is 5.91 Å². The number of carbonyl (C=O) groups excluding carboxylic acids is 1. The molecule has 32 heavy (non-hydrogen) atoms. The van der Waals surface area contributed by atoms with Gasteiger partial charge in [0.05, 0.1) is 6.20 Å². The predicted octanol–water partition coefficient (Wildman–Crippen LogP) is 2.92. The van der Waals surface area contributed by atoms with Crippen LogP contribution in [0.15, 0.2) is 65.6 Å². The number of aromatic nitrogens is 3. The Kier molecular flexibility index (Phi) is 6.37. The molecule has 1 N–H and O–H groups in total. The number of hydrogen-bond acceptors (Lipinski definition) is 4. The van der Waals surface area contributed by atoms with Crippen molar-refractivity contribution in [1.82, 2.24) is 24.6 Å². The van der Waals surface area contributed by atoms with Gasteiger partial charge in [0, 0.05) is 42.5 Å². The fourth-order valence-electron chi connectivity index (χ4n) is 4.24. The van der Waals surface area contributed by atoms with Crippen LogP contribution in [0.25, 0.3) is 21.8 Å². The van der Waals surface area contributed by atoms with E-state index < -0.39 is 0 Å². The van der Waals surface area contributed by atoms with Crippen molar-refractivity contribution in [2.24, 2.45) is 7.05 Å². The summed E-state index contributed by atoms with van der Waals surface area (Å²) in [5.41, 5.74) is 2.40. The summed E-state index contributed by atoms with van der Waals surface area (Å²) < 4.78 is 3.12. The van der Waals surface area contributed by atoms with E-state index in [1.807, 2.05) is 47.0 Å². The van der Waals surface area contributed by atoms with Gasteiger partial charge in [0.15, 0.2) is 0 Å². The van der Waals surface area contributed by atoms with Crippen LogP contribution in [0.3, 0.4) is 0 Å². The Morgan fingerprint density at radius 1 is 1.09 bits per heavy atom. The van der Waals surface area contributed by atoms with Gasteiger partial charge in [0.1, 0.15) is 12.1 Å². The van der Waals surface area contributed by atoms with Crippen LogP contribution < -0.4 is 10.9 Å². The van der Waals surface area contributed by atoms with Crippen LogP contribution in [0, 0.1) is 0 Å². The summed E-state index contributed by atoms with van der Waals surface area (Å²) >= 11 is 0. The van der Waals surface area contributed by atoms with Crippen LogP contribution in [-0.2, 0) is 24.9 Å². The highest BCUT2D eigenvalue weighted by atomic mass is 16.2. The molecule has 4 rings (SSSR count). The van der Waals surface area contributed by atoms with E-state index in [1.54, 1.807) is 13.2 Å². The second kappa shape index (κ2) is 9.36. The van der Waals surface area contributed by atoms with E-state index in [-0.39, 0.29) is 24.1 Å². The Balaban J connectivity index is 1.53. The second-order valence-electron chi connectivity index (χ2n) is 8.29. The largest absolute Gasteiger partial charge is 0.351 e. The molecule has 0 unspecified atom stereocenters. The quantitative estimate of drug-likeness (QED) is 0.466. The number of fused-ring (bicyclic) bond motifs is 3. The number of likely N-dealkylation sites (N-methyl/N-ethyl adjacent to an activating group) is 1. The fourth-order valence-corrected chi connectivity index (χ4v) is 4.24. The van der Waals surface area contributed by atoms with Crippen LogP contribution in [0.5, 0.6) is 0 Å². The van der Waals surface area contributed by atoms with Crippen LogP contribution in [0.2, 0.25) is 0 Å². The highest BCUT2D eigenvalue weighted by Crippen LogP contribution is 2.26. The highest BCUT2D eigenvalue weighted by molar-refractivity contribution is 6.07. The molecule has 1 amide bonds. The van der Waals surface area contributed by atoms with Gasteiger partial charge in [-0.25, -0.2) is 4.68 Å². The van der Waals surface area contributed by atoms with E-state index in [0.29, 0.717) is 5.52 Å². The SMILES string of the molecule is CC[C@@H](CN(C)Cc1ccccc1)NC(=O)Cn1c2ccccc2c2cnn(C)c(=O)c21. The average Bonchev–Trinajstić information content (AvgIpc) is 3.10. The van der Waals surface area contributed by atoms with Crippen molar-refractivity contribution < 1.29 is 4.79 Å². The molecular formula is C25H29N5O2. The van der Waals surface area contributed by atoms with Gasteiger partial charge < -0.3 is 14.8 Å². The van der Waals surface area contributed by atoms with Crippen molar-refractivity contribution >= 4 is 27.7 Å². The van der Waals surface area contributed by atoms with E-state index >= 15 is 0 Å². The standard InChI is InChI=1S/C25H29N5O2/c1-4-19(16-28(2)15-18-10-6-5-7-11-18)27-23(31)17-30-22-13-9-8-12-20(22)21-14-26-29(3)25(32)24(21)30/h5-14,19H,4,15-17H2,1-3H3,(H,27,31)/t19-/m0/s1. The molecule has 2 aromatic heterocycles. The molecule has 0 spiro atoms. The predicted molar refractivity (Wildman–Crippen MR) is 127 cm³/mol. The van der Waals surface area contributed by atoms with Crippen molar-refractivity contribution in [1.29, 1.82) is 0 Å². The van der Waals surface area contributed by atoms with Gasteiger partial charge in [-0.05, 0) is 25.1 Å². The third-order valence-corrected chi connectivity index (χ3v) is 5.85. The van der Waals surface area contributed by atoms with Gasteiger partial charge in [-0.2, -0.15) is 5.10 Å². The van der Waals surface area contributed by atoms with Gasteiger partial charge in [-0.1, -0.05) is 55.5 Å². The zero-order chi connectivity index (χ0) is 22.7. The summed E-state index contributed by atoms with van der Waals surface area (Å²) in [6, 6.07) is 18.1. The molecule has 1 atom stereocenters. The minimum atomic E-state index is -0.207. The summed E-state index contributed by atoms with van der Waals surface area (Å²) in [7, 11) is 3.69. The van der Waals surface area contributed by atoms with Crippen molar-refractivity contribution in [3.05, 3.63) is 76.7 Å². The number of aryl methyl sites for hydroxylation is 1. The van der Waals surface area contributed by atoms with Crippen LogP contribution in [0.4, 0.5) is 0 Å². The number of carbonyl (C=O) groups is 1. The van der Waals surface area contributed by atoms with Gasteiger partial charge in [-0.3, -0.25) is 9.59 Å². The molecule has 0 saturated heterocycles. The summed E-state index contributed by atoms with van der Waals surface area (Å²) in [4.78, 5) is 28.1. The molecule has 0 aliphatic carbocycles. The number of hydrogen-bond donors (Lipinski definition) is 1. The molecule has 4 aromatic rings. The maximum absolute atomic E-state index is 13.0. The smallest absolute Gasteiger partial charge is 0.291 e.